The highest BCUT2D eigenvalue weighted by Gasteiger charge is 2.36. The molecule has 1 atom stereocenters. The maximum absolute atomic E-state index is 14.2. The molecule has 41 heavy (non-hydrogen) atoms. The highest BCUT2D eigenvalue weighted by Crippen LogP contribution is 2.39. The SMILES string of the molecule is COC(=O)c1cccc(NC(=O)N2Cc3c(C)nn(-c4ccccc4)c3-n3cccc3[C@@H]2c2cccc(OC)c2)c1. The van der Waals surface area contributed by atoms with Crippen LogP contribution in [-0.2, 0) is 11.3 Å². The molecule has 0 saturated carbocycles. The molecular formula is C32H29N5O4. The van der Waals surface area contributed by atoms with Crippen LogP contribution in [-0.4, -0.2) is 45.5 Å². The zero-order valence-electron chi connectivity index (χ0n) is 22.9. The van der Waals surface area contributed by atoms with Crippen LogP contribution in [0.3, 0.4) is 0 Å². The summed E-state index contributed by atoms with van der Waals surface area (Å²) in [5.74, 6) is 1.10. The molecule has 1 aliphatic rings. The number of nitrogens with one attached hydrogen (secondary N) is 1. The first-order valence-electron chi connectivity index (χ1n) is 13.2. The summed E-state index contributed by atoms with van der Waals surface area (Å²) in [4.78, 5) is 28.1. The van der Waals surface area contributed by atoms with Crippen LogP contribution in [0.25, 0.3) is 11.5 Å². The van der Waals surface area contributed by atoms with E-state index in [2.05, 4.69) is 9.88 Å². The van der Waals surface area contributed by atoms with Gasteiger partial charge < -0.3 is 24.3 Å². The quantitative estimate of drug-likeness (QED) is 0.277. The zero-order chi connectivity index (χ0) is 28.5. The number of fused-ring (bicyclic) bond motifs is 3. The smallest absolute Gasteiger partial charge is 0.337 e. The lowest BCUT2D eigenvalue weighted by molar-refractivity contribution is 0.0600. The molecule has 0 fully saturated rings. The summed E-state index contributed by atoms with van der Waals surface area (Å²) in [6.07, 6.45) is 2.00. The van der Waals surface area contributed by atoms with Gasteiger partial charge in [0.05, 0.1) is 49.4 Å². The molecule has 2 aromatic heterocycles. The standard InChI is InChI=1S/C32H29N5O4/c1-21-27-20-36(32(39)33-24-12-7-11-23(18-24)31(38)41-3)29(22-10-8-15-26(19-22)40-2)28-16-9-17-35(28)30(27)37(34-21)25-13-5-4-6-14-25/h4-19,29H,20H2,1-3H3,(H,33,39)/t29-/m0/s1. The van der Waals surface area contributed by atoms with Gasteiger partial charge in [-0.2, -0.15) is 5.10 Å². The number of benzene rings is 3. The van der Waals surface area contributed by atoms with Crippen LogP contribution in [0, 0.1) is 6.92 Å². The number of rotatable bonds is 5. The number of carbonyl (C=O) groups excluding carboxylic acids is 2. The van der Waals surface area contributed by atoms with Gasteiger partial charge in [-0.3, -0.25) is 0 Å². The van der Waals surface area contributed by atoms with Crippen molar-refractivity contribution in [1.82, 2.24) is 19.2 Å². The molecule has 206 valence electrons. The summed E-state index contributed by atoms with van der Waals surface area (Å²) in [5, 5.41) is 7.90. The second-order valence-electron chi connectivity index (χ2n) is 9.75. The number of nitrogens with zero attached hydrogens (tertiary/aromatic N) is 4. The Balaban J connectivity index is 1.50. The Morgan fingerprint density at radius 2 is 1.73 bits per heavy atom. The molecule has 0 spiro atoms. The summed E-state index contributed by atoms with van der Waals surface area (Å²) in [6.45, 7) is 2.25. The van der Waals surface area contributed by atoms with Crippen molar-refractivity contribution in [3.8, 4) is 17.3 Å². The number of esters is 1. The second kappa shape index (κ2) is 10.7. The van der Waals surface area contributed by atoms with Crippen molar-refractivity contribution in [1.29, 1.82) is 0 Å². The Morgan fingerprint density at radius 3 is 2.51 bits per heavy atom. The number of anilines is 1. The van der Waals surface area contributed by atoms with Crippen molar-refractivity contribution in [3.05, 3.63) is 125 Å². The summed E-state index contributed by atoms with van der Waals surface area (Å²) in [5.41, 5.74) is 5.29. The minimum Gasteiger partial charge on any atom is -0.497 e. The van der Waals surface area contributed by atoms with Crippen LogP contribution in [0.5, 0.6) is 5.75 Å². The average molecular weight is 548 g/mol. The van der Waals surface area contributed by atoms with Crippen molar-refractivity contribution in [2.24, 2.45) is 0 Å². The normalized spacial score (nSPS) is 14.0. The van der Waals surface area contributed by atoms with E-state index in [-0.39, 0.29) is 6.03 Å². The highest BCUT2D eigenvalue weighted by molar-refractivity contribution is 5.94. The molecule has 5 aromatic rings. The lowest BCUT2D eigenvalue weighted by atomic mass is 10.0. The molecule has 3 heterocycles. The van der Waals surface area contributed by atoms with E-state index in [1.807, 2.05) is 84.5 Å². The summed E-state index contributed by atoms with van der Waals surface area (Å²) in [6, 6.07) is 27.6. The van der Waals surface area contributed by atoms with Crippen LogP contribution < -0.4 is 10.1 Å². The fourth-order valence-corrected chi connectivity index (χ4v) is 5.35. The molecule has 1 N–H and O–H groups in total. The number of ether oxygens (including phenoxy) is 2. The van der Waals surface area contributed by atoms with E-state index < -0.39 is 12.0 Å². The molecule has 1 aliphatic heterocycles. The van der Waals surface area contributed by atoms with Gasteiger partial charge >= 0.3 is 12.0 Å². The van der Waals surface area contributed by atoms with Gasteiger partial charge in [0.25, 0.3) is 0 Å². The Morgan fingerprint density at radius 1 is 0.927 bits per heavy atom. The van der Waals surface area contributed by atoms with Gasteiger partial charge in [-0.25, -0.2) is 14.3 Å². The Bertz CT molecular complexity index is 1740. The second-order valence-corrected chi connectivity index (χ2v) is 9.75. The fourth-order valence-electron chi connectivity index (χ4n) is 5.35. The third kappa shape index (κ3) is 4.71. The summed E-state index contributed by atoms with van der Waals surface area (Å²) in [7, 11) is 2.95. The monoisotopic (exact) mass is 547 g/mol. The molecule has 0 bridgehead atoms. The molecule has 3 aromatic carbocycles. The number of hydrogen-bond donors (Lipinski definition) is 1. The lowest BCUT2D eigenvalue weighted by Crippen LogP contribution is -2.38. The van der Waals surface area contributed by atoms with E-state index in [1.54, 1.807) is 36.3 Å². The van der Waals surface area contributed by atoms with Crippen LogP contribution >= 0.6 is 0 Å². The first-order chi connectivity index (χ1) is 20.0. The Labute approximate surface area is 237 Å². The third-order valence-electron chi connectivity index (χ3n) is 7.29. The number of hydrogen-bond acceptors (Lipinski definition) is 5. The molecule has 0 unspecified atom stereocenters. The van der Waals surface area contributed by atoms with Crippen LogP contribution in [0.1, 0.15) is 38.9 Å². The topological polar surface area (TPSA) is 90.6 Å². The molecule has 9 nitrogen and oxygen atoms in total. The first-order valence-corrected chi connectivity index (χ1v) is 13.2. The van der Waals surface area contributed by atoms with Gasteiger partial charge in [0.2, 0.25) is 0 Å². The largest absolute Gasteiger partial charge is 0.497 e. The number of methoxy groups -OCH3 is 2. The van der Waals surface area contributed by atoms with Gasteiger partial charge in [0.15, 0.2) is 0 Å². The van der Waals surface area contributed by atoms with Gasteiger partial charge in [-0.05, 0) is 67.1 Å². The van der Waals surface area contributed by atoms with Crippen molar-refractivity contribution >= 4 is 17.7 Å². The third-order valence-corrected chi connectivity index (χ3v) is 7.29. The van der Waals surface area contributed by atoms with E-state index in [1.165, 1.54) is 7.11 Å². The van der Waals surface area contributed by atoms with Gasteiger partial charge in [-0.1, -0.05) is 36.4 Å². The maximum atomic E-state index is 14.2. The predicted molar refractivity (Wildman–Crippen MR) is 155 cm³/mol. The number of aryl methyl sites for hydroxylation is 1. The molecule has 2 amide bonds. The van der Waals surface area contributed by atoms with Crippen LogP contribution in [0.15, 0.2) is 97.2 Å². The van der Waals surface area contributed by atoms with Crippen molar-refractivity contribution in [3.63, 3.8) is 0 Å². The fraction of sp³-hybridized carbons (Fsp3) is 0.156. The van der Waals surface area contributed by atoms with Crippen LogP contribution in [0.2, 0.25) is 0 Å². The number of urea groups is 1. The molecular weight excluding hydrogens is 518 g/mol. The number of para-hydroxylation sites is 1. The van der Waals surface area contributed by atoms with Gasteiger partial charge in [-0.15, -0.1) is 0 Å². The van der Waals surface area contributed by atoms with E-state index in [0.29, 0.717) is 23.5 Å². The average Bonchev–Trinajstić information content (AvgIpc) is 3.57. The maximum Gasteiger partial charge on any atom is 0.337 e. The summed E-state index contributed by atoms with van der Waals surface area (Å²) < 4.78 is 14.4. The molecule has 0 saturated heterocycles. The minimum atomic E-state index is -0.475. The van der Waals surface area contributed by atoms with Crippen molar-refractivity contribution < 1.29 is 19.1 Å². The van der Waals surface area contributed by atoms with Crippen molar-refractivity contribution in [2.45, 2.75) is 19.5 Å². The van der Waals surface area contributed by atoms with E-state index >= 15 is 0 Å². The highest BCUT2D eigenvalue weighted by atomic mass is 16.5. The lowest BCUT2D eigenvalue weighted by Gasteiger charge is -2.31. The molecule has 0 aliphatic carbocycles. The number of carbonyl (C=O) groups is 2. The minimum absolute atomic E-state index is 0.292. The molecule has 9 heteroatoms. The molecule has 0 radical (unpaired) electrons. The van der Waals surface area contributed by atoms with Crippen molar-refractivity contribution in [2.75, 3.05) is 19.5 Å². The van der Waals surface area contributed by atoms with Gasteiger partial charge in [0.1, 0.15) is 11.6 Å². The Hall–Kier alpha value is -5.31. The van der Waals surface area contributed by atoms with Gasteiger partial charge in [0, 0.05) is 17.4 Å². The summed E-state index contributed by atoms with van der Waals surface area (Å²) >= 11 is 0. The van der Waals surface area contributed by atoms with E-state index in [0.717, 1.165) is 34.0 Å². The molecule has 6 rings (SSSR count). The zero-order valence-corrected chi connectivity index (χ0v) is 22.9. The number of amides is 2. The number of aromatic nitrogens is 3. The predicted octanol–water partition coefficient (Wildman–Crippen LogP) is 5.90. The Kier molecular flexibility index (Phi) is 6.76. The first kappa shape index (κ1) is 25.9. The van der Waals surface area contributed by atoms with E-state index in [9.17, 15) is 9.59 Å². The van der Waals surface area contributed by atoms with E-state index in [4.69, 9.17) is 14.6 Å². The van der Waals surface area contributed by atoms with Crippen LogP contribution in [0.4, 0.5) is 10.5 Å².